The van der Waals surface area contributed by atoms with E-state index in [4.69, 9.17) is 28.4 Å². The molecule has 5 amide bonds. The van der Waals surface area contributed by atoms with E-state index < -0.39 is 48.3 Å². The normalized spacial score (nSPS) is 17.9. The Morgan fingerprint density at radius 2 is 1.62 bits per heavy atom. The van der Waals surface area contributed by atoms with Crippen LogP contribution in [0.1, 0.15) is 86.9 Å². The number of imidazole rings is 1. The molecule has 0 spiro atoms. The molecule has 3 N–H and O–H groups in total. The Bertz CT molecular complexity index is 2470. The molecule has 7 rings (SSSR count). The molecule has 346 valence electrons. The highest BCUT2D eigenvalue weighted by Gasteiger charge is 2.48. The number of aryl methyl sites for hydroxylation is 3. The minimum Gasteiger partial charge on any atom is -0.493 e. The summed E-state index contributed by atoms with van der Waals surface area (Å²) >= 11 is 0. The molecule has 65 heavy (non-hydrogen) atoms. The largest absolute Gasteiger partial charge is 0.493 e. The first-order valence-electron chi connectivity index (χ1n) is 21.2. The summed E-state index contributed by atoms with van der Waals surface area (Å²) in [5.41, 5.74) is 1.62. The van der Waals surface area contributed by atoms with Crippen LogP contribution in [0.5, 0.6) is 11.5 Å². The van der Waals surface area contributed by atoms with Crippen LogP contribution >= 0.6 is 0 Å². The van der Waals surface area contributed by atoms with Crippen molar-refractivity contribution in [2.45, 2.75) is 63.5 Å². The first-order chi connectivity index (χ1) is 31.3. The molecule has 4 aromatic rings. The average Bonchev–Trinajstić information content (AvgIpc) is 4.09. The minimum absolute atomic E-state index is 0.00588. The molecule has 3 aliphatic rings. The van der Waals surface area contributed by atoms with Gasteiger partial charge in [-0.15, -0.1) is 0 Å². The average molecular weight is 900 g/mol. The molecule has 2 saturated heterocycles. The van der Waals surface area contributed by atoms with Gasteiger partial charge in [-0.05, 0) is 56.7 Å². The van der Waals surface area contributed by atoms with E-state index in [1.165, 1.54) is 57.2 Å². The van der Waals surface area contributed by atoms with Crippen LogP contribution in [0, 0.1) is 0 Å². The number of nitrogens with zero attached hydrogens (tertiary/aromatic N) is 6. The summed E-state index contributed by atoms with van der Waals surface area (Å²) in [5.74, 6) is -1.68. The number of nitrogens with one attached hydrogen (secondary N) is 3. The number of benzene rings is 1. The van der Waals surface area contributed by atoms with Crippen molar-refractivity contribution in [3.63, 3.8) is 0 Å². The van der Waals surface area contributed by atoms with Crippen LogP contribution < -0.4 is 30.3 Å². The van der Waals surface area contributed by atoms with Crippen LogP contribution in [0.3, 0.4) is 0 Å². The Morgan fingerprint density at radius 1 is 0.877 bits per heavy atom. The summed E-state index contributed by atoms with van der Waals surface area (Å²) in [6.07, 6.45) is 7.89. The third kappa shape index (κ3) is 10.2. The first kappa shape index (κ1) is 45.9. The highest BCUT2D eigenvalue weighted by atomic mass is 16.7. The zero-order valence-corrected chi connectivity index (χ0v) is 36.9. The van der Waals surface area contributed by atoms with E-state index >= 15 is 0 Å². The van der Waals surface area contributed by atoms with Gasteiger partial charge in [0.25, 0.3) is 17.7 Å². The number of carbonyl (C=O) groups excluding carboxylic acids is 6. The lowest BCUT2D eigenvalue weighted by Gasteiger charge is -2.38. The van der Waals surface area contributed by atoms with Gasteiger partial charge in [0.2, 0.25) is 11.7 Å². The topological polar surface area (TPSA) is 228 Å². The van der Waals surface area contributed by atoms with Crippen molar-refractivity contribution in [1.29, 1.82) is 0 Å². The van der Waals surface area contributed by atoms with Gasteiger partial charge in [0.1, 0.15) is 18.0 Å². The molecule has 6 heterocycles. The fourth-order valence-corrected chi connectivity index (χ4v) is 8.06. The molecule has 0 aliphatic carbocycles. The van der Waals surface area contributed by atoms with Crippen molar-refractivity contribution in [2.75, 3.05) is 61.4 Å². The number of amides is 5. The van der Waals surface area contributed by atoms with E-state index in [0.29, 0.717) is 37.4 Å². The molecule has 2 unspecified atom stereocenters. The predicted octanol–water partition coefficient (Wildman–Crippen LogP) is 4.81. The maximum atomic E-state index is 14.1. The number of methoxy groups -OCH3 is 2. The summed E-state index contributed by atoms with van der Waals surface area (Å²) in [6.45, 7) is 4.66. The van der Waals surface area contributed by atoms with Crippen molar-refractivity contribution < 1.29 is 57.2 Å². The van der Waals surface area contributed by atoms with E-state index in [-0.39, 0.29) is 77.7 Å². The van der Waals surface area contributed by atoms with Gasteiger partial charge in [-0.3, -0.25) is 19.2 Å². The monoisotopic (exact) mass is 899 g/mol. The fraction of sp³-hybridized carbons (Fsp3) is 0.432. The number of anilines is 4. The molecule has 21 nitrogen and oxygen atoms in total. The molecule has 3 aromatic heterocycles. The lowest BCUT2D eigenvalue weighted by Crippen LogP contribution is -2.54. The molecule has 2 fully saturated rings. The van der Waals surface area contributed by atoms with E-state index in [1.54, 1.807) is 50.6 Å². The first-order valence-corrected chi connectivity index (χ1v) is 21.2. The standard InChI is InChI=1S/C44H53N9O12/c1-7-16-64-44(59)53-30-22-34(33(60-5)21-28(30)41(57)52-15-10-12-29(52)42(53)65-37-14-8-9-17-63-37)62-18-11-13-36(54)47-35-25-51(4)38(48-35)40(56)46-26-19-31(49(2)23-26)39(55)45-27-20-32(43(58)61-6)50(3)24-27/h7,19-25,29,37,42H,1,8-18H2,2-6H3,(H,45,55)(H,46,56)(H,47,54)/t29-,37?,42?/m0/s1. The van der Waals surface area contributed by atoms with Crippen LogP contribution in [0.2, 0.25) is 0 Å². The number of carbonyl (C=O) groups is 6. The predicted molar refractivity (Wildman–Crippen MR) is 234 cm³/mol. The van der Waals surface area contributed by atoms with Crippen molar-refractivity contribution in [3.05, 3.63) is 78.3 Å². The Hall–Kier alpha value is -7.13. The van der Waals surface area contributed by atoms with Crippen LogP contribution in [-0.4, -0.2) is 118 Å². The zero-order chi connectivity index (χ0) is 46.4. The fourth-order valence-electron chi connectivity index (χ4n) is 8.06. The summed E-state index contributed by atoms with van der Waals surface area (Å²) in [4.78, 5) is 86.8. The Balaban J connectivity index is 0.976. The van der Waals surface area contributed by atoms with Crippen molar-refractivity contribution in [1.82, 2.24) is 23.6 Å². The van der Waals surface area contributed by atoms with Gasteiger partial charge in [-0.25, -0.2) is 19.5 Å². The smallest absolute Gasteiger partial charge is 0.416 e. The quantitative estimate of drug-likeness (QED) is 0.0781. The molecular formula is C44H53N9O12. The second-order valence-corrected chi connectivity index (χ2v) is 15.7. The lowest BCUT2D eigenvalue weighted by atomic mass is 10.1. The van der Waals surface area contributed by atoms with E-state index in [2.05, 4.69) is 27.5 Å². The van der Waals surface area contributed by atoms with Crippen molar-refractivity contribution in [3.8, 4) is 11.5 Å². The number of hydrogen-bond acceptors (Lipinski definition) is 13. The number of rotatable bonds is 16. The number of ether oxygens (including phenoxy) is 6. The molecule has 21 heteroatoms. The van der Waals surface area contributed by atoms with Gasteiger partial charge in [0.05, 0.1) is 49.5 Å². The molecule has 3 atom stereocenters. The Labute approximate surface area is 374 Å². The van der Waals surface area contributed by atoms with Gasteiger partial charge >= 0.3 is 12.1 Å². The number of fused-ring (bicyclic) bond motifs is 2. The summed E-state index contributed by atoms with van der Waals surface area (Å²) in [6, 6.07) is 5.62. The third-order valence-corrected chi connectivity index (χ3v) is 11.2. The lowest BCUT2D eigenvalue weighted by molar-refractivity contribution is -0.195. The SMILES string of the molecule is C=CCOC(=O)N1c2cc(OCCCC(=O)Nc3cn(C)c(C(=O)Nc4cc(C(=O)Nc5cc(C(=O)OC)n(C)c5)n(C)c4)n3)c(OC)cc2C(=O)N2CCC[C@H]2C1OC1CCCCO1. The van der Waals surface area contributed by atoms with Crippen LogP contribution in [0.25, 0.3) is 0 Å². The summed E-state index contributed by atoms with van der Waals surface area (Å²) in [7, 11) is 7.59. The van der Waals surface area contributed by atoms with Crippen molar-refractivity contribution >= 4 is 58.6 Å². The summed E-state index contributed by atoms with van der Waals surface area (Å²) < 4.78 is 39.0. The van der Waals surface area contributed by atoms with E-state index in [0.717, 1.165) is 19.3 Å². The summed E-state index contributed by atoms with van der Waals surface area (Å²) in [5, 5.41) is 8.17. The second-order valence-electron chi connectivity index (χ2n) is 15.7. The van der Waals surface area contributed by atoms with Gasteiger partial charge in [0.15, 0.2) is 29.8 Å². The van der Waals surface area contributed by atoms with Crippen LogP contribution in [-0.2, 0) is 44.9 Å². The van der Waals surface area contributed by atoms with E-state index in [9.17, 15) is 28.8 Å². The van der Waals surface area contributed by atoms with Crippen LogP contribution in [0.4, 0.5) is 27.7 Å². The van der Waals surface area contributed by atoms with Gasteiger partial charge in [0, 0.05) is 65.4 Å². The van der Waals surface area contributed by atoms with Gasteiger partial charge in [-0.1, -0.05) is 12.7 Å². The highest BCUT2D eigenvalue weighted by molar-refractivity contribution is 6.07. The number of esters is 1. The molecule has 3 aliphatic heterocycles. The molecule has 0 radical (unpaired) electrons. The van der Waals surface area contributed by atoms with E-state index in [1.807, 2.05) is 0 Å². The van der Waals surface area contributed by atoms with Gasteiger partial charge < -0.3 is 63.0 Å². The molecular weight excluding hydrogens is 847 g/mol. The Kier molecular flexibility index (Phi) is 14.2. The zero-order valence-electron chi connectivity index (χ0n) is 36.9. The molecule has 1 aromatic carbocycles. The van der Waals surface area contributed by atoms with Gasteiger partial charge in [-0.2, -0.15) is 0 Å². The second kappa shape index (κ2) is 20.1. The molecule has 0 saturated carbocycles. The van der Waals surface area contributed by atoms with Crippen molar-refractivity contribution in [2.24, 2.45) is 21.1 Å². The van der Waals surface area contributed by atoms with Crippen LogP contribution in [0.15, 0.2) is 55.5 Å². The highest BCUT2D eigenvalue weighted by Crippen LogP contribution is 2.42. The Morgan fingerprint density at radius 3 is 2.32 bits per heavy atom. The number of hydrogen-bond donors (Lipinski definition) is 3. The third-order valence-electron chi connectivity index (χ3n) is 11.2. The molecule has 0 bridgehead atoms. The maximum Gasteiger partial charge on any atom is 0.416 e. The minimum atomic E-state index is -0.914. The number of aromatic nitrogens is 4. The maximum absolute atomic E-state index is 14.1.